The number of nitrogens with one attached hydrogen (secondary N) is 2. The Morgan fingerprint density at radius 3 is 2.84 bits per heavy atom. The van der Waals surface area contributed by atoms with Crippen LogP contribution in [-0.2, 0) is 11.2 Å². The van der Waals surface area contributed by atoms with Crippen molar-refractivity contribution in [3.63, 3.8) is 0 Å². The van der Waals surface area contributed by atoms with Gasteiger partial charge in [0.05, 0.1) is 0 Å². The number of imidazole rings is 1. The van der Waals surface area contributed by atoms with Gasteiger partial charge in [-0.15, -0.1) is 0 Å². The van der Waals surface area contributed by atoms with E-state index in [1.54, 1.807) is 12.4 Å². The Morgan fingerprint density at radius 2 is 2.26 bits per heavy atom. The summed E-state index contributed by atoms with van der Waals surface area (Å²) >= 11 is 0. The fourth-order valence-electron chi connectivity index (χ4n) is 1.68. The molecule has 0 spiro atoms. The zero-order chi connectivity index (χ0) is 14.1. The molecule has 19 heavy (non-hydrogen) atoms. The molecule has 0 bridgehead atoms. The van der Waals surface area contributed by atoms with Gasteiger partial charge in [0.2, 0.25) is 0 Å². The highest BCUT2D eigenvalue weighted by Gasteiger charge is 2.27. The predicted molar refractivity (Wildman–Crippen MR) is 65.9 cm³/mol. The van der Waals surface area contributed by atoms with E-state index >= 15 is 0 Å². The summed E-state index contributed by atoms with van der Waals surface area (Å²) < 4.78 is 40.4. The van der Waals surface area contributed by atoms with E-state index in [2.05, 4.69) is 20.0 Å². The van der Waals surface area contributed by atoms with Crippen LogP contribution in [0.25, 0.3) is 0 Å². The zero-order valence-corrected chi connectivity index (χ0v) is 11.0. The number of nitrogens with zero attached hydrogens (tertiary/aromatic N) is 1. The molecule has 0 aliphatic rings. The highest BCUT2D eigenvalue weighted by Crippen LogP contribution is 2.14. The number of ether oxygens (including phenoxy) is 1. The summed E-state index contributed by atoms with van der Waals surface area (Å²) in [6.45, 7) is 1.76. The number of aromatic nitrogens is 2. The topological polar surface area (TPSA) is 49.9 Å². The molecule has 1 aromatic heterocycles. The summed E-state index contributed by atoms with van der Waals surface area (Å²) in [6, 6.07) is 0.0688. The third-order valence-corrected chi connectivity index (χ3v) is 2.55. The molecule has 110 valence electrons. The van der Waals surface area contributed by atoms with Gasteiger partial charge < -0.3 is 15.0 Å². The minimum absolute atomic E-state index is 0.0688. The molecule has 4 nitrogen and oxygen atoms in total. The normalized spacial score (nSPS) is 13.7. The monoisotopic (exact) mass is 279 g/mol. The molecule has 0 aromatic carbocycles. The summed E-state index contributed by atoms with van der Waals surface area (Å²) in [5.41, 5.74) is 0. The molecule has 1 rings (SSSR count). The van der Waals surface area contributed by atoms with E-state index in [9.17, 15) is 13.2 Å². The van der Waals surface area contributed by atoms with Gasteiger partial charge in [-0.05, 0) is 19.4 Å². The van der Waals surface area contributed by atoms with Crippen LogP contribution in [-0.4, -0.2) is 41.9 Å². The molecule has 0 saturated heterocycles. The van der Waals surface area contributed by atoms with Gasteiger partial charge in [-0.2, -0.15) is 13.2 Å². The van der Waals surface area contributed by atoms with Gasteiger partial charge in [-0.1, -0.05) is 6.92 Å². The summed E-state index contributed by atoms with van der Waals surface area (Å²) in [6.07, 6.45) is 1.28. The fraction of sp³-hybridized carbons (Fsp3) is 0.750. The van der Waals surface area contributed by atoms with E-state index in [4.69, 9.17) is 0 Å². The van der Waals surface area contributed by atoms with Crippen LogP contribution in [0.4, 0.5) is 13.2 Å². The Kier molecular flexibility index (Phi) is 6.86. The first-order valence-electron chi connectivity index (χ1n) is 6.37. The van der Waals surface area contributed by atoms with E-state index in [0.29, 0.717) is 12.8 Å². The molecule has 2 N–H and O–H groups in total. The molecule has 0 fully saturated rings. The first kappa shape index (κ1) is 16.0. The Labute approximate surface area is 110 Å². The van der Waals surface area contributed by atoms with Gasteiger partial charge in [0.25, 0.3) is 0 Å². The minimum Gasteiger partial charge on any atom is -0.372 e. The molecule has 0 aliphatic carbocycles. The van der Waals surface area contributed by atoms with Crippen LogP contribution in [0.2, 0.25) is 0 Å². The maximum atomic E-state index is 11.9. The van der Waals surface area contributed by atoms with Crippen LogP contribution in [0.15, 0.2) is 12.4 Å². The zero-order valence-electron chi connectivity index (χ0n) is 11.0. The summed E-state index contributed by atoms with van der Waals surface area (Å²) in [4.78, 5) is 7.10. The van der Waals surface area contributed by atoms with Crippen molar-refractivity contribution >= 4 is 0 Å². The molecular weight excluding hydrogens is 259 g/mol. The SMILES string of the molecule is CCCNC(CCOCC(F)(F)F)Cc1ncc[nH]1. The van der Waals surface area contributed by atoms with Crippen LogP contribution in [0, 0.1) is 0 Å². The van der Waals surface area contributed by atoms with Crippen LogP contribution < -0.4 is 5.32 Å². The number of halogens is 3. The lowest BCUT2D eigenvalue weighted by atomic mass is 10.1. The molecule has 0 amide bonds. The smallest absolute Gasteiger partial charge is 0.372 e. The summed E-state index contributed by atoms with van der Waals surface area (Å²) in [5.74, 6) is 0.824. The van der Waals surface area contributed by atoms with Crippen molar-refractivity contribution in [2.24, 2.45) is 0 Å². The molecule has 1 aromatic rings. The number of alkyl halides is 3. The van der Waals surface area contributed by atoms with Crippen molar-refractivity contribution in [3.8, 4) is 0 Å². The van der Waals surface area contributed by atoms with Gasteiger partial charge in [-0.3, -0.25) is 0 Å². The summed E-state index contributed by atoms with van der Waals surface area (Å²) in [5, 5.41) is 3.28. The second kappa shape index (κ2) is 8.16. The maximum Gasteiger partial charge on any atom is 0.411 e. The Bertz CT molecular complexity index is 327. The van der Waals surface area contributed by atoms with Crippen LogP contribution in [0.5, 0.6) is 0 Å². The lowest BCUT2D eigenvalue weighted by Gasteiger charge is -2.17. The van der Waals surface area contributed by atoms with E-state index in [0.717, 1.165) is 18.8 Å². The minimum atomic E-state index is -4.26. The van der Waals surface area contributed by atoms with Crippen molar-refractivity contribution in [1.82, 2.24) is 15.3 Å². The summed E-state index contributed by atoms with van der Waals surface area (Å²) in [7, 11) is 0. The van der Waals surface area contributed by atoms with Crippen molar-refractivity contribution in [3.05, 3.63) is 18.2 Å². The van der Waals surface area contributed by atoms with E-state index in [1.165, 1.54) is 0 Å². The third kappa shape index (κ3) is 7.84. The molecule has 1 heterocycles. The molecular formula is C12H20F3N3O. The number of aromatic amines is 1. The van der Waals surface area contributed by atoms with Crippen molar-refractivity contribution in [2.45, 2.75) is 38.4 Å². The predicted octanol–water partition coefficient (Wildman–Crippen LogP) is 2.29. The Hall–Kier alpha value is -1.08. The number of rotatable bonds is 9. The Morgan fingerprint density at radius 1 is 1.47 bits per heavy atom. The highest BCUT2D eigenvalue weighted by atomic mass is 19.4. The average Bonchev–Trinajstić information content (AvgIpc) is 2.82. The lowest BCUT2D eigenvalue weighted by molar-refractivity contribution is -0.174. The Balaban J connectivity index is 2.29. The van der Waals surface area contributed by atoms with E-state index in [1.807, 2.05) is 6.92 Å². The number of H-pyrrole nitrogens is 1. The second-order valence-corrected chi connectivity index (χ2v) is 4.35. The lowest BCUT2D eigenvalue weighted by Crippen LogP contribution is -2.33. The van der Waals surface area contributed by atoms with Crippen molar-refractivity contribution in [2.75, 3.05) is 19.8 Å². The number of hydrogen-bond donors (Lipinski definition) is 2. The molecule has 0 aliphatic heterocycles. The first-order valence-corrected chi connectivity index (χ1v) is 6.37. The molecule has 1 unspecified atom stereocenters. The van der Waals surface area contributed by atoms with Crippen LogP contribution in [0.1, 0.15) is 25.6 Å². The van der Waals surface area contributed by atoms with Crippen molar-refractivity contribution in [1.29, 1.82) is 0 Å². The van der Waals surface area contributed by atoms with Gasteiger partial charge in [-0.25, -0.2) is 4.98 Å². The highest BCUT2D eigenvalue weighted by molar-refractivity contribution is 4.91. The molecule has 0 radical (unpaired) electrons. The van der Waals surface area contributed by atoms with E-state index in [-0.39, 0.29) is 12.6 Å². The van der Waals surface area contributed by atoms with Crippen LogP contribution in [0.3, 0.4) is 0 Å². The molecule has 0 saturated carbocycles. The average molecular weight is 279 g/mol. The first-order chi connectivity index (χ1) is 9.01. The second-order valence-electron chi connectivity index (χ2n) is 4.35. The third-order valence-electron chi connectivity index (χ3n) is 2.55. The molecule has 1 atom stereocenters. The maximum absolute atomic E-state index is 11.9. The van der Waals surface area contributed by atoms with E-state index < -0.39 is 12.8 Å². The van der Waals surface area contributed by atoms with Gasteiger partial charge in [0.1, 0.15) is 12.4 Å². The quantitative estimate of drug-likeness (QED) is 0.682. The van der Waals surface area contributed by atoms with Crippen molar-refractivity contribution < 1.29 is 17.9 Å². The molecule has 7 heteroatoms. The standard InChI is InChI=1S/C12H20F3N3O/c1-2-4-16-10(8-11-17-5-6-18-11)3-7-19-9-12(13,14)15/h5-6,10,16H,2-4,7-9H2,1H3,(H,17,18). The van der Waals surface area contributed by atoms with Gasteiger partial charge >= 0.3 is 6.18 Å². The fourth-order valence-corrected chi connectivity index (χ4v) is 1.68. The largest absolute Gasteiger partial charge is 0.411 e. The van der Waals surface area contributed by atoms with Gasteiger partial charge in [0, 0.05) is 31.5 Å². The van der Waals surface area contributed by atoms with Crippen LogP contribution >= 0.6 is 0 Å². The van der Waals surface area contributed by atoms with Gasteiger partial charge in [0.15, 0.2) is 0 Å². The number of hydrogen-bond acceptors (Lipinski definition) is 3.